The molecule has 0 aliphatic carbocycles. The maximum Gasteiger partial charge on any atom is 0.194 e. The number of methoxy groups -OCH3 is 1. The van der Waals surface area contributed by atoms with Gasteiger partial charge in [-0.2, -0.15) is 0 Å². The molecule has 144 valence electrons. The Bertz CT molecular complexity index is 792. The zero-order valence-electron chi connectivity index (χ0n) is 16.3. The van der Waals surface area contributed by atoms with Gasteiger partial charge >= 0.3 is 0 Å². The number of benzene rings is 2. The SMILES string of the molecule is COc1ccc(CN2C(=N)N(C)CCC2(C)CCc2cccc(Br)c2)cc1. The topological polar surface area (TPSA) is 39.6 Å². The third-order valence-corrected chi connectivity index (χ3v) is 6.09. The molecule has 0 radical (unpaired) electrons. The third-order valence-electron chi connectivity index (χ3n) is 5.60. The zero-order chi connectivity index (χ0) is 19.4. The van der Waals surface area contributed by atoms with Crippen molar-refractivity contribution >= 4 is 21.9 Å². The Labute approximate surface area is 170 Å². The molecule has 27 heavy (non-hydrogen) atoms. The minimum Gasteiger partial charge on any atom is -0.497 e. The summed E-state index contributed by atoms with van der Waals surface area (Å²) in [5, 5.41) is 8.67. The molecule has 1 aliphatic rings. The van der Waals surface area contributed by atoms with Gasteiger partial charge in [0, 0.05) is 30.1 Å². The first-order valence-electron chi connectivity index (χ1n) is 9.36. The van der Waals surface area contributed by atoms with Crippen LogP contribution in [0.4, 0.5) is 0 Å². The van der Waals surface area contributed by atoms with Gasteiger partial charge in [-0.1, -0.05) is 40.2 Å². The fourth-order valence-electron chi connectivity index (χ4n) is 3.66. The number of hydrogen-bond acceptors (Lipinski definition) is 2. The second-order valence-electron chi connectivity index (χ2n) is 7.56. The fraction of sp³-hybridized carbons (Fsp3) is 0.409. The van der Waals surface area contributed by atoms with Crippen molar-refractivity contribution in [2.75, 3.05) is 20.7 Å². The van der Waals surface area contributed by atoms with Crippen molar-refractivity contribution in [2.24, 2.45) is 0 Å². The molecule has 0 saturated carbocycles. The van der Waals surface area contributed by atoms with E-state index in [0.717, 1.165) is 42.6 Å². The number of ether oxygens (including phenoxy) is 1. The molecule has 1 saturated heterocycles. The lowest BCUT2D eigenvalue weighted by Crippen LogP contribution is -2.59. The summed E-state index contributed by atoms with van der Waals surface area (Å²) in [5.41, 5.74) is 2.50. The Hall–Kier alpha value is -2.01. The van der Waals surface area contributed by atoms with Crippen LogP contribution in [0.3, 0.4) is 0 Å². The van der Waals surface area contributed by atoms with E-state index in [1.807, 2.05) is 24.1 Å². The van der Waals surface area contributed by atoms with Crippen molar-refractivity contribution in [1.82, 2.24) is 9.80 Å². The molecule has 1 fully saturated rings. The van der Waals surface area contributed by atoms with Gasteiger partial charge in [0.2, 0.25) is 0 Å². The molecule has 2 aromatic carbocycles. The van der Waals surface area contributed by atoms with Crippen molar-refractivity contribution in [3.8, 4) is 5.75 Å². The molecule has 1 aliphatic heterocycles. The van der Waals surface area contributed by atoms with E-state index in [-0.39, 0.29) is 5.54 Å². The molecule has 1 heterocycles. The quantitative estimate of drug-likeness (QED) is 0.707. The molecule has 1 atom stereocenters. The Morgan fingerprint density at radius 2 is 1.89 bits per heavy atom. The highest BCUT2D eigenvalue weighted by Crippen LogP contribution is 2.32. The van der Waals surface area contributed by atoms with Crippen LogP contribution in [0, 0.1) is 5.41 Å². The van der Waals surface area contributed by atoms with Gasteiger partial charge in [-0.15, -0.1) is 0 Å². The summed E-state index contributed by atoms with van der Waals surface area (Å²) in [6.07, 6.45) is 3.08. The van der Waals surface area contributed by atoms with E-state index in [0.29, 0.717) is 5.96 Å². The van der Waals surface area contributed by atoms with Crippen molar-refractivity contribution in [1.29, 1.82) is 5.41 Å². The molecule has 5 heteroatoms. The van der Waals surface area contributed by atoms with Crippen LogP contribution in [0.5, 0.6) is 5.75 Å². The summed E-state index contributed by atoms with van der Waals surface area (Å²) in [4.78, 5) is 4.31. The summed E-state index contributed by atoms with van der Waals surface area (Å²) in [6, 6.07) is 16.7. The second kappa shape index (κ2) is 8.34. The molecular formula is C22H28BrN3O. The zero-order valence-corrected chi connectivity index (χ0v) is 17.9. The lowest BCUT2D eigenvalue weighted by Gasteiger charge is -2.50. The summed E-state index contributed by atoms with van der Waals surface area (Å²) >= 11 is 3.57. The number of rotatable bonds is 6. The molecule has 0 aromatic heterocycles. The van der Waals surface area contributed by atoms with Gasteiger partial charge in [0.15, 0.2) is 5.96 Å². The molecule has 0 spiro atoms. The average molecular weight is 430 g/mol. The highest BCUT2D eigenvalue weighted by Gasteiger charge is 2.38. The Kier molecular flexibility index (Phi) is 6.10. The van der Waals surface area contributed by atoms with Gasteiger partial charge in [-0.05, 0) is 61.6 Å². The predicted octanol–water partition coefficient (Wildman–Crippen LogP) is 4.92. The summed E-state index contributed by atoms with van der Waals surface area (Å²) in [5.74, 6) is 1.47. The standard InChI is InChI=1S/C22H28BrN3O/c1-22(12-11-17-5-4-6-19(23)15-17)13-14-25(2)21(24)26(22)16-18-7-9-20(27-3)10-8-18/h4-10,15,24H,11-14,16H2,1-3H3. The van der Waals surface area contributed by atoms with Gasteiger partial charge in [0.1, 0.15) is 5.75 Å². The van der Waals surface area contributed by atoms with Crippen LogP contribution in [0.2, 0.25) is 0 Å². The molecule has 1 unspecified atom stereocenters. The van der Waals surface area contributed by atoms with Crippen LogP contribution in [0.25, 0.3) is 0 Å². The molecular weight excluding hydrogens is 402 g/mol. The molecule has 4 nitrogen and oxygen atoms in total. The van der Waals surface area contributed by atoms with Crippen LogP contribution in [-0.4, -0.2) is 42.0 Å². The largest absolute Gasteiger partial charge is 0.497 e. The maximum atomic E-state index is 8.67. The first-order valence-corrected chi connectivity index (χ1v) is 10.2. The molecule has 3 rings (SSSR count). The van der Waals surface area contributed by atoms with Crippen molar-refractivity contribution in [3.63, 3.8) is 0 Å². The summed E-state index contributed by atoms with van der Waals surface area (Å²) < 4.78 is 6.39. The summed E-state index contributed by atoms with van der Waals surface area (Å²) in [6.45, 7) is 3.96. The van der Waals surface area contributed by atoms with Crippen LogP contribution in [-0.2, 0) is 13.0 Å². The van der Waals surface area contributed by atoms with E-state index in [2.05, 4.69) is 64.2 Å². The van der Waals surface area contributed by atoms with Gasteiger partial charge < -0.3 is 14.5 Å². The van der Waals surface area contributed by atoms with E-state index in [1.54, 1.807) is 7.11 Å². The molecule has 0 bridgehead atoms. The van der Waals surface area contributed by atoms with Crippen LogP contribution in [0.15, 0.2) is 53.0 Å². The van der Waals surface area contributed by atoms with E-state index >= 15 is 0 Å². The minimum absolute atomic E-state index is 0.0359. The lowest BCUT2D eigenvalue weighted by atomic mass is 9.86. The van der Waals surface area contributed by atoms with E-state index < -0.39 is 0 Å². The second-order valence-corrected chi connectivity index (χ2v) is 8.47. The van der Waals surface area contributed by atoms with Gasteiger partial charge in [0.05, 0.1) is 7.11 Å². The number of nitrogens with zero attached hydrogens (tertiary/aromatic N) is 2. The highest BCUT2D eigenvalue weighted by molar-refractivity contribution is 9.10. The number of halogens is 1. The Morgan fingerprint density at radius 1 is 1.15 bits per heavy atom. The number of hydrogen-bond donors (Lipinski definition) is 1. The first-order chi connectivity index (χ1) is 12.9. The Morgan fingerprint density at radius 3 is 2.56 bits per heavy atom. The third kappa shape index (κ3) is 4.64. The minimum atomic E-state index is -0.0359. The van der Waals surface area contributed by atoms with Crippen LogP contribution >= 0.6 is 15.9 Å². The number of nitrogens with one attached hydrogen (secondary N) is 1. The molecule has 0 amide bonds. The van der Waals surface area contributed by atoms with Crippen molar-refractivity contribution < 1.29 is 4.74 Å². The molecule has 2 aromatic rings. The summed E-state index contributed by atoms with van der Waals surface area (Å²) in [7, 11) is 3.69. The highest BCUT2D eigenvalue weighted by atomic mass is 79.9. The maximum absolute atomic E-state index is 8.67. The van der Waals surface area contributed by atoms with E-state index in [1.165, 1.54) is 11.1 Å². The lowest BCUT2D eigenvalue weighted by molar-refractivity contribution is 0.0995. The smallest absolute Gasteiger partial charge is 0.194 e. The van der Waals surface area contributed by atoms with Gasteiger partial charge in [-0.25, -0.2) is 0 Å². The van der Waals surface area contributed by atoms with Crippen molar-refractivity contribution in [2.45, 2.75) is 38.3 Å². The van der Waals surface area contributed by atoms with Gasteiger partial charge in [-0.3, -0.25) is 5.41 Å². The van der Waals surface area contributed by atoms with Gasteiger partial charge in [0.25, 0.3) is 0 Å². The van der Waals surface area contributed by atoms with Crippen LogP contribution < -0.4 is 4.74 Å². The molecule has 1 N–H and O–H groups in total. The monoisotopic (exact) mass is 429 g/mol. The average Bonchev–Trinajstić information content (AvgIpc) is 2.68. The Balaban J connectivity index is 1.78. The normalized spacial score (nSPS) is 20.1. The van der Waals surface area contributed by atoms with Crippen LogP contribution in [0.1, 0.15) is 30.9 Å². The fourth-order valence-corrected chi connectivity index (χ4v) is 4.10. The predicted molar refractivity (Wildman–Crippen MR) is 114 cm³/mol. The van der Waals surface area contributed by atoms with E-state index in [4.69, 9.17) is 10.1 Å². The van der Waals surface area contributed by atoms with E-state index in [9.17, 15) is 0 Å². The van der Waals surface area contributed by atoms with Crippen molar-refractivity contribution in [3.05, 3.63) is 64.1 Å². The first kappa shape index (κ1) is 19.7. The number of aryl methyl sites for hydroxylation is 1. The number of guanidine groups is 1.